The van der Waals surface area contributed by atoms with Crippen molar-refractivity contribution in [1.29, 1.82) is 0 Å². The van der Waals surface area contributed by atoms with E-state index in [-0.39, 0.29) is 81.7 Å². The van der Waals surface area contributed by atoms with Gasteiger partial charge in [0, 0.05) is 5.69 Å². The monoisotopic (exact) mass is 438 g/mol. The Hall–Kier alpha value is -0.290. The van der Waals surface area contributed by atoms with Crippen molar-refractivity contribution < 1.29 is 89.9 Å². The Kier molecular flexibility index (Phi) is 9.37. The summed E-state index contributed by atoms with van der Waals surface area (Å²) in [6.07, 6.45) is 1.08. The fraction of sp³-hybridized carbons (Fsp3) is 0.364. The first-order valence-electron chi connectivity index (χ1n) is 6.54. The van der Waals surface area contributed by atoms with Crippen molar-refractivity contribution in [3.05, 3.63) is 27.2 Å². The van der Waals surface area contributed by atoms with Crippen molar-refractivity contribution in [2.75, 3.05) is 5.88 Å². The number of hydrazone groups is 1. The molecule has 1 aliphatic rings. The van der Waals surface area contributed by atoms with Crippen LogP contribution in [0.25, 0.3) is 6.08 Å². The van der Waals surface area contributed by atoms with Gasteiger partial charge >= 0.3 is 59.1 Å². The fourth-order valence-corrected chi connectivity index (χ4v) is 3.13. The van der Waals surface area contributed by atoms with Crippen LogP contribution in [0.3, 0.4) is 0 Å². The van der Waals surface area contributed by atoms with Gasteiger partial charge in [0.2, 0.25) is 0 Å². The van der Waals surface area contributed by atoms with Crippen molar-refractivity contribution in [3.8, 4) is 0 Å². The molecular formula is C11H12N4Na2O8S2. The van der Waals surface area contributed by atoms with Gasteiger partial charge in [-0.2, -0.15) is 5.10 Å². The molecule has 0 bridgehead atoms. The van der Waals surface area contributed by atoms with Gasteiger partial charge in [0.15, 0.2) is 0 Å². The van der Waals surface area contributed by atoms with Gasteiger partial charge in [-0.25, -0.2) is 26.5 Å². The molecule has 0 spiro atoms. The SMILES string of the molecule is CC1=NN(CS(=O)(=O)[O-])C(=O)C1=Cc1c(C)[nH]n(CS(=O)(=O)[O-])c1=O.[Na+].[Na+]. The number of H-pyrrole nitrogens is 1. The third kappa shape index (κ3) is 6.92. The minimum atomic E-state index is -4.75. The number of amides is 1. The number of nitrogens with one attached hydrogen (secondary N) is 1. The largest absolute Gasteiger partial charge is 1.00 e. The van der Waals surface area contributed by atoms with Gasteiger partial charge in [0.05, 0.1) is 16.8 Å². The van der Waals surface area contributed by atoms with E-state index in [0.717, 1.165) is 6.08 Å². The summed E-state index contributed by atoms with van der Waals surface area (Å²) in [7, 11) is -9.47. The Balaban J connectivity index is 0.00000338. The first kappa shape index (κ1) is 26.7. The van der Waals surface area contributed by atoms with Crippen LogP contribution in [-0.4, -0.2) is 58.2 Å². The van der Waals surface area contributed by atoms with Crippen LogP contribution < -0.4 is 64.7 Å². The standard InChI is InChI=1S/C11H14N4O8S2.2Na/c1-6-8(10(16)14(12-6)4-24(18,19)20)3-9-7(2)13-15(11(9)17)5-25(21,22)23;;/h3,12H,4-5H2,1-2H3,(H,18,19,20)(H,21,22,23);;/q;2*+1/p-2. The van der Waals surface area contributed by atoms with E-state index in [1.54, 1.807) is 0 Å². The summed E-state index contributed by atoms with van der Waals surface area (Å²) >= 11 is 0. The minimum Gasteiger partial charge on any atom is -0.747 e. The maximum Gasteiger partial charge on any atom is 1.00 e. The van der Waals surface area contributed by atoms with Crippen LogP contribution in [0.2, 0.25) is 0 Å². The molecule has 16 heteroatoms. The van der Waals surface area contributed by atoms with Crippen molar-refractivity contribution in [3.63, 3.8) is 0 Å². The van der Waals surface area contributed by atoms with Gasteiger partial charge in [-0.05, 0) is 19.9 Å². The number of aryl methyl sites for hydroxylation is 1. The number of rotatable bonds is 5. The normalized spacial score (nSPS) is 16.1. The van der Waals surface area contributed by atoms with Gasteiger partial charge < -0.3 is 9.11 Å². The van der Waals surface area contributed by atoms with Gasteiger partial charge in [0.25, 0.3) is 11.5 Å². The number of carbonyl (C=O) groups excluding carboxylic acids is 1. The maximum absolute atomic E-state index is 12.2. The van der Waals surface area contributed by atoms with Crippen LogP contribution in [-0.2, 0) is 30.9 Å². The molecule has 0 aromatic carbocycles. The summed E-state index contributed by atoms with van der Waals surface area (Å²) in [4.78, 5) is 24.3. The van der Waals surface area contributed by atoms with Crippen LogP contribution >= 0.6 is 0 Å². The number of hydrogen-bond donors (Lipinski definition) is 1. The van der Waals surface area contributed by atoms with Gasteiger partial charge in [-0.3, -0.25) is 14.7 Å². The smallest absolute Gasteiger partial charge is 0.747 e. The molecule has 2 rings (SSSR count). The first-order chi connectivity index (χ1) is 11.3. The Bertz CT molecular complexity index is 1070. The molecule has 0 saturated carbocycles. The van der Waals surface area contributed by atoms with Crippen LogP contribution in [0.4, 0.5) is 0 Å². The van der Waals surface area contributed by atoms with Gasteiger partial charge in [-0.15, -0.1) is 0 Å². The van der Waals surface area contributed by atoms with Crippen molar-refractivity contribution in [1.82, 2.24) is 14.8 Å². The molecule has 0 aliphatic carbocycles. The third-order valence-electron chi connectivity index (χ3n) is 3.16. The summed E-state index contributed by atoms with van der Waals surface area (Å²) in [6.45, 7) is 2.78. The zero-order valence-electron chi connectivity index (χ0n) is 14.9. The minimum absolute atomic E-state index is 0. The quantitative estimate of drug-likeness (QED) is 0.267. The van der Waals surface area contributed by atoms with E-state index in [4.69, 9.17) is 0 Å². The van der Waals surface area contributed by atoms with Crippen molar-refractivity contribution in [2.24, 2.45) is 5.10 Å². The third-order valence-corrected chi connectivity index (χ3v) is 4.30. The molecule has 138 valence electrons. The van der Waals surface area contributed by atoms with E-state index in [1.807, 2.05) is 0 Å². The number of nitrogens with zero attached hydrogens (tertiary/aromatic N) is 3. The topological polar surface area (TPSA) is 185 Å². The van der Waals surface area contributed by atoms with Crippen LogP contribution in [0.1, 0.15) is 18.2 Å². The van der Waals surface area contributed by atoms with E-state index in [0.29, 0.717) is 9.69 Å². The Morgan fingerprint density at radius 2 is 1.56 bits per heavy atom. The molecule has 0 atom stereocenters. The molecule has 1 amide bonds. The average Bonchev–Trinajstić information content (AvgIpc) is 2.80. The molecule has 0 radical (unpaired) electrons. The number of carbonyl (C=O) groups is 1. The summed E-state index contributed by atoms with van der Waals surface area (Å²) in [5, 5.41) is 6.49. The summed E-state index contributed by atoms with van der Waals surface area (Å²) in [5.41, 5.74) is -0.860. The average molecular weight is 438 g/mol. The van der Waals surface area contributed by atoms with E-state index in [1.165, 1.54) is 13.8 Å². The predicted molar refractivity (Wildman–Crippen MR) is 82.0 cm³/mol. The number of aromatic nitrogens is 2. The predicted octanol–water partition coefficient (Wildman–Crippen LogP) is -7.90. The van der Waals surface area contributed by atoms with E-state index < -0.39 is 43.5 Å². The second-order valence-corrected chi connectivity index (χ2v) is 7.95. The molecule has 1 aliphatic heterocycles. The second-order valence-electron chi connectivity index (χ2n) is 5.21. The molecule has 1 aromatic rings. The van der Waals surface area contributed by atoms with Gasteiger partial charge in [-0.1, -0.05) is 0 Å². The molecule has 27 heavy (non-hydrogen) atoms. The molecule has 0 unspecified atom stereocenters. The van der Waals surface area contributed by atoms with E-state index in [2.05, 4.69) is 10.2 Å². The van der Waals surface area contributed by atoms with E-state index >= 15 is 0 Å². The first-order valence-corrected chi connectivity index (χ1v) is 9.69. The molecular weight excluding hydrogens is 426 g/mol. The van der Waals surface area contributed by atoms with Crippen LogP contribution in [0, 0.1) is 6.92 Å². The number of aromatic amines is 1. The van der Waals surface area contributed by atoms with Crippen molar-refractivity contribution >= 4 is 37.9 Å². The Morgan fingerprint density at radius 1 is 1.04 bits per heavy atom. The molecule has 0 saturated heterocycles. The molecule has 12 nitrogen and oxygen atoms in total. The second kappa shape index (κ2) is 9.47. The maximum atomic E-state index is 12.2. The van der Waals surface area contributed by atoms with Crippen LogP contribution in [0.5, 0.6) is 0 Å². The van der Waals surface area contributed by atoms with E-state index in [9.17, 15) is 35.5 Å². The fourth-order valence-electron chi connectivity index (χ4n) is 2.16. The summed E-state index contributed by atoms with van der Waals surface area (Å²) in [5.74, 6) is -3.18. The zero-order valence-corrected chi connectivity index (χ0v) is 20.5. The summed E-state index contributed by atoms with van der Waals surface area (Å²) < 4.78 is 65.2. The summed E-state index contributed by atoms with van der Waals surface area (Å²) in [6, 6.07) is 0. The molecule has 0 fully saturated rings. The van der Waals surface area contributed by atoms with Gasteiger partial charge in [0.1, 0.15) is 32.0 Å². The molecule has 1 N–H and O–H groups in total. The molecule has 2 heterocycles. The zero-order chi connectivity index (χ0) is 19.2. The molecule has 1 aromatic heterocycles. The van der Waals surface area contributed by atoms with Crippen molar-refractivity contribution in [2.45, 2.75) is 19.7 Å². The Labute approximate surface area is 198 Å². The number of hydrogen-bond acceptors (Lipinski definition) is 9. The van der Waals surface area contributed by atoms with Crippen LogP contribution in [0.15, 0.2) is 15.5 Å². The Morgan fingerprint density at radius 3 is 2.04 bits per heavy atom.